The van der Waals surface area contributed by atoms with Gasteiger partial charge < -0.3 is 14.8 Å². The van der Waals surface area contributed by atoms with Gasteiger partial charge in [-0.25, -0.2) is 4.99 Å². The minimum atomic E-state index is -5.84. The molecular formula is C29H30ClF6N3O3. The van der Waals surface area contributed by atoms with E-state index in [1.54, 1.807) is 11.4 Å². The van der Waals surface area contributed by atoms with Crippen LogP contribution in [0.1, 0.15) is 50.2 Å². The van der Waals surface area contributed by atoms with Crippen molar-refractivity contribution in [3.63, 3.8) is 0 Å². The summed E-state index contributed by atoms with van der Waals surface area (Å²) < 4.78 is 90.7. The van der Waals surface area contributed by atoms with Crippen molar-refractivity contribution in [1.29, 1.82) is 0 Å². The molecule has 0 aromatic heterocycles. The molecule has 1 aliphatic heterocycles. The van der Waals surface area contributed by atoms with Crippen molar-refractivity contribution in [2.24, 2.45) is 27.2 Å². The number of ether oxygens (including phenoxy) is 2. The number of methoxy groups -OCH3 is 1. The lowest BCUT2D eigenvalue weighted by molar-refractivity contribution is -0.319. The highest BCUT2D eigenvalue weighted by Gasteiger charge is 2.72. The van der Waals surface area contributed by atoms with E-state index in [0.29, 0.717) is 36.4 Å². The van der Waals surface area contributed by atoms with Crippen molar-refractivity contribution in [2.75, 3.05) is 13.7 Å². The maximum atomic E-state index is 13.2. The van der Waals surface area contributed by atoms with Gasteiger partial charge in [0.05, 0.1) is 19.4 Å². The second-order valence-electron chi connectivity index (χ2n) is 10.5. The monoisotopic (exact) mass is 617 g/mol. The Hall–Kier alpha value is -3.28. The normalized spacial score (nSPS) is 20.0. The molecule has 1 unspecified atom stereocenters. The Morgan fingerprint density at radius 1 is 1.10 bits per heavy atom. The number of carbonyl (C=O) groups excluding carboxylic acids is 1. The number of benzene rings is 1. The molecule has 0 radical (unpaired) electrons. The Balaban J connectivity index is 1.48. The molecule has 228 valence electrons. The summed E-state index contributed by atoms with van der Waals surface area (Å²) in [5, 5.41) is 1.99. The Kier molecular flexibility index (Phi) is 9.44. The predicted molar refractivity (Wildman–Crippen MR) is 147 cm³/mol. The Labute approximate surface area is 244 Å². The zero-order valence-electron chi connectivity index (χ0n) is 22.9. The summed E-state index contributed by atoms with van der Waals surface area (Å²) in [6.07, 6.45) is 0.370. The standard InChI is InChI=1S/C29H30ClF6N3O3/c1-27(28(31,32)33,29(34,35)36)25(40)37-15-18-8-13-22(30)21(14-18)24-5-3-4-23(38-26(39-24)41-2)19-9-11-20(12-10-19)42-16-17-6-7-17/h5,8-9,11-14,17,19H,3-4,6-7,10,15-16H2,1-2H3,(H,37,40). The van der Waals surface area contributed by atoms with Gasteiger partial charge in [-0.15, -0.1) is 0 Å². The lowest BCUT2D eigenvalue weighted by Crippen LogP contribution is -2.57. The SMILES string of the molecule is COC1=NC(c2cc(CNC(=O)C(C)(C(F)(F)F)C(F)(F)F)ccc2Cl)=CCCC(C2C=CC(OCC3CC3)=CC2)=N1. The molecule has 1 aromatic carbocycles. The number of aliphatic imine (C=N–C) groups is 2. The molecule has 1 saturated carbocycles. The van der Waals surface area contributed by atoms with E-state index in [-0.39, 0.29) is 29.4 Å². The van der Waals surface area contributed by atoms with E-state index in [9.17, 15) is 31.1 Å². The first-order chi connectivity index (χ1) is 19.7. The molecule has 13 heteroatoms. The first kappa shape index (κ1) is 31.7. The highest BCUT2D eigenvalue weighted by atomic mass is 35.5. The van der Waals surface area contributed by atoms with Crippen LogP contribution in [0.2, 0.25) is 5.02 Å². The van der Waals surface area contributed by atoms with E-state index >= 15 is 0 Å². The molecule has 6 nitrogen and oxygen atoms in total. The number of amidine groups is 1. The van der Waals surface area contributed by atoms with E-state index in [0.717, 1.165) is 18.1 Å². The smallest absolute Gasteiger partial charge is 0.411 e. The Morgan fingerprint density at radius 3 is 2.40 bits per heavy atom. The molecule has 1 atom stereocenters. The van der Waals surface area contributed by atoms with Gasteiger partial charge >= 0.3 is 18.4 Å². The van der Waals surface area contributed by atoms with Crippen LogP contribution >= 0.6 is 11.6 Å². The number of hydrogen-bond acceptors (Lipinski definition) is 5. The van der Waals surface area contributed by atoms with Crippen LogP contribution in [0.25, 0.3) is 5.70 Å². The van der Waals surface area contributed by atoms with Crippen LogP contribution in [0.3, 0.4) is 0 Å². The molecule has 2 aliphatic carbocycles. The van der Waals surface area contributed by atoms with Crippen molar-refractivity contribution >= 4 is 34.9 Å². The van der Waals surface area contributed by atoms with Crippen LogP contribution in [0.4, 0.5) is 26.3 Å². The third-order valence-electron chi connectivity index (χ3n) is 7.40. The molecule has 1 fully saturated rings. The van der Waals surface area contributed by atoms with Crippen molar-refractivity contribution in [1.82, 2.24) is 5.32 Å². The summed E-state index contributed by atoms with van der Waals surface area (Å²) in [5.41, 5.74) is -2.78. The number of carbonyl (C=O) groups is 1. The summed E-state index contributed by atoms with van der Waals surface area (Å²) in [6, 6.07) is 4.30. The summed E-state index contributed by atoms with van der Waals surface area (Å²) in [5.74, 6) is -0.678. The van der Waals surface area contributed by atoms with Gasteiger partial charge in [0.25, 0.3) is 0 Å². The second-order valence-corrected chi connectivity index (χ2v) is 10.9. The minimum absolute atomic E-state index is 0.0307. The van der Waals surface area contributed by atoms with Crippen molar-refractivity contribution in [3.05, 3.63) is 64.4 Å². The number of allylic oxidation sites excluding steroid dienone is 4. The third kappa shape index (κ3) is 7.19. The molecule has 4 rings (SSSR count). The molecule has 1 aromatic rings. The molecule has 1 amide bonds. The van der Waals surface area contributed by atoms with Crippen LogP contribution in [-0.4, -0.2) is 43.7 Å². The number of amides is 1. The molecular weight excluding hydrogens is 588 g/mol. The molecule has 0 spiro atoms. The number of rotatable bonds is 8. The number of hydrogen-bond donors (Lipinski definition) is 1. The van der Waals surface area contributed by atoms with E-state index in [4.69, 9.17) is 21.1 Å². The van der Waals surface area contributed by atoms with Gasteiger partial charge in [0.15, 0.2) is 0 Å². The molecule has 1 N–H and O–H groups in total. The summed E-state index contributed by atoms with van der Waals surface area (Å²) >= 11 is 6.38. The fourth-order valence-corrected chi connectivity index (χ4v) is 4.56. The fourth-order valence-electron chi connectivity index (χ4n) is 4.35. The van der Waals surface area contributed by atoms with Gasteiger partial charge in [-0.3, -0.25) is 4.79 Å². The lowest BCUT2D eigenvalue weighted by Gasteiger charge is -2.32. The van der Waals surface area contributed by atoms with Crippen LogP contribution < -0.4 is 5.32 Å². The average molecular weight is 618 g/mol. The number of halogens is 7. The van der Waals surface area contributed by atoms with Crippen molar-refractivity contribution < 1.29 is 40.6 Å². The van der Waals surface area contributed by atoms with Gasteiger partial charge in [-0.05, 0) is 74.8 Å². The molecule has 3 aliphatic rings. The lowest BCUT2D eigenvalue weighted by atomic mass is 9.87. The van der Waals surface area contributed by atoms with Crippen molar-refractivity contribution in [3.8, 4) is 0 Å². The van der Waals surface area contributed by atoms with Crippen LogP contribution in [-0.2, 0) is 20.8 Å². The van der Waals surface area contributed by atoms with Gasteiger partial charge in [0.2, 0.25) is 11.3 Å². The maximum Gasteiger partial charge on any atom is 0.411 e. The van der Waals surface area contributed by atoms with Gasteiger partial charge in [0, 0.05) is 28.8 Å². The summed E-state index contributed by atoms with van der Waals surface area (Å²) in [6.45, 7) is -0.0620. The predicted octanol–water partition coefficient (Wildman–Crippen LogP) is 7.55. The average Bonchev–Trinajstić information content (AvgIpc) is 3.75. The third-order valence-corrected chi connectivity index (χ3v) is 7.73. The van der Waals surface area contributed by atoms with E-state index in [1.165, 1.54) is 38.2 Å². The van der Waals surface area contributed by atoms with Gasteiger partial charge in [0.1, 0.15) is 5.76 Å². The fraction of sp³-hybridized carbons (Fsp3) is 0.483. The van der Waals surface area contributed by atoms with E-state index < -0.39 is 30.2 Å². The van der Waals surface area contributed by atoms with Crippen LogP contribution in [0.5, 0.6) is 0 Å². The van der Waals surface area contributed by atoms with Crippen LogP contribution in [0.15, 0.2) is 58.2 Å². The molecule has 0 bridgehead atoms. The minimum Gasteiger partial charge on any atom is -0.494 e. The second kappa shape index (κ2) is 12.5. The number of alkyl halides is 6. The topological polar surface area (TPSA) is 72.3 Å². The number of nitrogens with one attached hydrogen (secondary N) is 1. The zero-order chi connectivity index (χ0) is 30.7. The largest absolute Gasteiger partial charge is 0.494 e. The first-order valence-corrected chi connectivity index (χ1v) is 13.7. The first-order valence-electron chi connectivity index (χ1n) is 13.3. The zero-order valence-corrected chi connectivity index (χ0v) is 23.7. The van der Waals surface area contributed by atoms with E-state index in [1.807, 2.05) is 18.2 Å². The highest BCUT2D eigenvalue weighted by molar-refractivity contribution is 6.32. The Bertz CT molecular complexity index is 1330. The summed E-state index contributed by atoms with van der Waals surface area (Å²) in [4.78, 5) is 21.2. The maximum absolute atomic E-state index is 13.2. The van der Waals surface area contributed by atoms with Crippen molar-refractivity contribution in [2.45, 2.75) is 57.9 Å². The molecule has 1 heterocycles. The summed E-state index contributed by atoms with van der Waals surface area (Å²) in [7, 11) is 1.41. The highest BCUT2D eigenvalue weighted by Crippen LogP contribution is 2.50. The van der Waals surface area contributed by atoms with Crippen LogP contribution in [0, 0.1) is 17.3 Å². The van der Waals surface area contributed by atoms with Gasteiger partial charge in [-0.1, -0.05) is 29.8 Å². The quantitative estimate of drug-likeness (QED) is 0.306. The van der Waals surface area contributed by atoms with Gasteiger partial charge in [-0.2, -0.15) is 31.3 Å². The Morgan fingerprint density at radius 2 is 1.81 bits per heavy atom. The number of nitrogens with zero attached hydrogens (tertiary/aromatic N) is 2. The molecule has 0 saturated heterocycles. The van der Waals surface area contributed by atoms with E-state index in [2.05, 4.69) is 9.98 Å². The molecule has 42 heavy (non-hydrogen) atoms.